The molecule has 1 rings (SSSR count). The van der Waals surface area contributed by atoms with Crippen LogP contribution < -0.4 is 4.74 Å². The second-order valence-corrected chi connectivity index (χ2v) is 4.07. The minimum atomic E-state index is 0.671. The molecule has 0 aliphatic carbocycles. The quantitative estimate of drug-likeness (QED) is 0.485. The third kappa shape index (κ3) is 5.00. The highest BCUT2D eigenvalue weighted by Gasteiger charge is 2.02. The van der Waals surface area contributed by atoms with Crippen LogP contribution >= 0.6 is 0 Å². The lowest BCUT2D eigenvalue weighted by Crippen LogP contribution is -2.01. The Balaban J connectivity index is 2.71. The molecule has 0 bridgehead atoms. The van der Waals surface area contributed by atoms with E-state index >= 15 is 0 Å². The summed E-state index contributed by atoms with van der Waals surface area (Å²) in [5.74, 6) is 0.690. The molecule has 0 atom stereocenters. The van der Waals surface area contributed by atoms with Crippen molar-refractivity contribution in [3.05, 3.63) is 61.4 Å². The lowest BCUT2D eigenvalue weighted by molar-refractivity contribution is 0.299. The van der Waals surface area contributed by atoms with Gasteiger partial charge >= 0.3 is 0 Å². The van der Waals surface area contributed by atoms with Gasteiger partial charge in [-0.2, -0.15) is 0 Å². The van der Waals surface area contributed by atoms with Crippen molar-refractivity contribution in [1.29, 1.82) is 0 Å². The zero-order valence-electron chi connectivity index (χ0n) is 10.9. The molecule has 0 saturated heterocycles. The molecule has 0 N–H and O–H groups in total. The van der Waals surface area contributed by atoms with Gasteiger partial charge in [0.1, 0.15) is 0 Å². The smallest absolute Gasteiger partial charge is 0.213 e. The summed E-state index contributed by atoms with van der Waals surface area (Å²) in [6.45, 7) is 11.9. The van der Waals surface area contributed by atoms with Crippen LogP contribution in [0.2, 0.25) is 0 Å². The van der Waals surface area contributed by atoms with Crippen LogP contribution in [0.4, 0.5) is 0 Å². The van der Waals surface area contributed by atoms with Crippen molar-refractivity contribution in [3.63, 3.8) is 0 Å². The van der Waals surface area contributed by atoms with Gasteiger partial charge in [0.05, 0.1) is 6.61 Å². The zero-order valence-corrected chi connectivity index (χ0v) is 10.9. The Morgan fingerprint density at radius 1 is 1.06 bits per heavy atom. The fraction of sp³-hybridized carbons (Fsp3) is 0.312. The molecule has 1 aromatic heterocycles. The van der Waals surface area contributed by atoms with Crippen molar-refractivity contribution in [1.82, 2.24) is 4.98 Å². The van der Waals surface area contributed by atoms with Gasteiger partial charge in [-0.3, -0.25) is 0 Å². The summed E-state index contributed by atoms with van der Waals surface area (Å²) in [5.41, 5.74) is 2.17. The number of rotatable bonds is 9. The summed E-state index contributed by atoms with van der Waals surface area (Å²) in [7, 11) is 0. The van der Waals surface area contributed by atoms with Crippen molar-refractivity contribution in [2.75, 3.05) is 6.61 Å². The minimum Gasteiger partial charge on any atom is -0.478 e. The van der Waals surface area contributed by atoms with Crippen LogP contribution in [0, 0.1) is 0 Å². The average molecular weight is 243 g/mol. The third-order valence-electron chi connectivity index (χ3n) is 2.45. The summed E-state index contributed by atoms with van der Waals surface area (Å²) < 4.78 is 5.65. The van der Waals surface area contributed by atoms with E-state index in [0.29, 0.717) is 12.5 Å². The monoisotopic (exact) mass is 243 g/mol. The number of allylic oxidation sites excluding steroid dienone is 3. The number of hydrogen-bond acceptors (Lipinski definition) is 2. The highest BCUT2D eigenvalue weighted by atomic mass is 16.5. The van der Waals surface area contributed by atoms with Crippen LogP contribution in [0.1, 0.15) is 24.1 Å². The van der Waals surface area contributed by atoms with Gasteiger partial charge in [0.15, 0.2) is 0 Å². The third-order valence-corrected chi connectivity index (χ3v) is 2.45. The highest BCUT2D eigenvalue weighted by molar-refractivity contribution is 5.27. The van der Waals surface area contributed by atoms with Gasteiger partial charge in [0, 0.05) is 18.2 Å². The van der Waals surface area contributed by atoms with E-state index in [0.717, 1.165) is 31.4 Å². The number of pyridine rings is 1. The molecule has 0 fully saturated rings. The second kappa shape index (κ2) is 8.29. The molecular formula is C16H21NO. The fourth-order valence-electron chi connectivity index (χ4n) is 1.64. The number of ether oxygens (including phenoxy) is 1. The van der Waals surface area contributed by atoms with E-state index in [9.17, 15) is 0 Å². The maximum absolute atomic E-state index is 5.65. The minimum absolute atomic E-state index is 0.671. The van der Waals surface area contributed by atoms with Crippen molar-refractivity contribution in [3.8, 4) is 5.88 Å². The van der Waals surface area contributed by atoms with E-state index < -0.39 is 0 Å². The first-order valence-corrected chi connectivity index (χ1v) is 6.25. The topological polar surface area (TPSA) is 22.1 Å². The molecule has 0 radical (unpaired) electrons. The first kappa shape index (κ1) is 14.2. The van der Waals surface area contributed by atoms with Gasteiger partial charge < -0.3 is 4.74 Å². The molecular weight excluding hydrogens is 222 g/mol. The fourth-order valence-corrected chi connectivity index (χ4v) is 1.64. The van der Waals surface area contributed by atoms with Gasteiger partial charge in [0.2, 0.25) is 5.88 Å². The van der Waals surface area contributed by atoms with E-state index in [1.807, 2.05) is 24.3 Å². The maximum atomic E-state index is 5.65. The van der Waals surface area contributed by atoms with E-state index in [1.54, 1.807) is 0 Å². The van der Waals surface area contributed by atoms with Gasteiger partial charge in [0.25, 0.3) is 0 Å². The average Bonchev–Trinajstić information content (AvgIpc) is 2.35. The molecule has 0 aliphatic heterocycles. The Morgan fingerprint density at radius 3 is 2.50 bits per heavy atom. The summed E-state index contributed by atoms with van der Waals surface area (Å²) in [6, 6.07) is 4.04. The Morgan fingerprint density at radius 2 is 1.83 bits per heavy atom. The predicted molar refractivity (Wildman–Crippen MR) is 77.0 cm³/mol. The normalized spacial score (nSPS) is 9.78. The molecule has 18 heavy (non-hydrogen) atoms. The molecule has 1 aromatic rings. The lowest BCUT2D eigenvalue weighted by Gasteiger charge is -2.08. The van der Waals surface area contributed by atoms with E-state index in [-0.39, 0.29) is 0 Å². The summed E-state index contributed by atoms with van der Waals surface area (Å²) >= 11 is 0. The molecule has 0 saturated carbocycles. The summed E-state index contributed by atoms with van der Waals surface area (Å²) in [6.07, 6.45) is 9.15. The van der Waals surface area contributed by atoms with Crippen LogP contribution in [-0.2, 0) is 12.8 Å². The van der Waals surface area contributed by atoms with Crippen molar-refractivity contribution in [2.24, 2.45) is 0 Å². The Kier molecular flexibility index (Phi) is 6.55. The molecule has 0 unspecified atom stereocenters. The Hall–Kier alpha value is -1.83. The van der Waals surface area contributed by atoms with E-state index in [1.165, 1.54) is 5.56 Å². The van der Waals surface area contributed by atoms with Gasteiger partial charge in [-0.1, -0.05) is 18.2 Å². The molecule has 0 aromatic carbocycles. The SMILES string of the molecule is C=CCCCOc1cc(CC=C)cc(CC=C)n1. The Labute approximate surface area is 110 Å². The summed E-state index contributed by atoms with van der Waals surface area (Å²) in [5, 5.41) is 0. The van der Waals surface area contributed by atoms with Crippen molar-refractivity contribution < 1.29 is 4.74 Å². The molecule has 0 aliphatic rings. The molecule has 96 valence electrons. The number of nitrogens with zero attached hydrogens (tertiary/aromatic N) is 1. The van der Waals surface area contributed by atoms with Gasteiger partial charge in [-0.15, -0.1) is 19.7 Å². The number of hydrogen-bond donors (Lipinski definition) is 0. The molecule has 0 amide bonds. The van der Waals surface area contributed by atoms with Gasteiger partial charge in [-0.05, 0) is 30.9 Å². The van der Waals surface area contributed by atoms with Crippen LogP contribution in [0.5, 0.6) is 5.88 Å². The second-order valence-electron chi connectivity index (χ2n) is 4.07. The van der Waals surface area contributed by atoms with E-state index in [4.69, 9.17) is 4.74 Å². The lowest BCUT2D eigenvalue weighted by atomic mass is 10.1. The predicted octanol–water partition coefficient (Wildman–Crippen LogP) is 3.88. The standard InChI is InChI=1S/C16H21NO/c1-4-7-8-11-18-16-13-14(9-5-2)12-15(17-16)10-6-3/h4-6,12-13H,1-3,7-11H2. The van der Waals surface area contributed by atoms with Crippen LogP contribution in [-0.4, -0.2) is 11.6 Å². The number of aromatic nitrogens is 1. The maximum Gasteiger partial charge on any atom is 0.213 e. The van der Waals surface area contributed by atoms with Crippen LogP contribution in [0.3, 0.4) is 0 Å². The first-order valence-electron chi connectivity index (χ1n) is 6.25. The van der Waals surface area contributed by atoms with Crippen molar-refractivity contribution in [2.45, 2.75) is 25.7 Å². The van der Waals surface area contributed by atoms with E-state index in [2.05, 4.69) is 30.8 Å². The summed E-state index contributed by atoms with van der Waals surface area (Å²) in [4.78, 5) is 4.45. The van der Waals surface area contributed by atoms with Gasteiger partial charge in [-0.25, -0.2) is 4.98 Å². The zero-order chi connectivity index (χ0) is 13.2. The molecule has 1 heterocycles. The number of unbranched alkanes of at least 4 members (excludes halogenated alkanes) is 1. The molecule has 2 heteroatoms. The first-order chi connectivity index (χ1) is 8.80. The largest absolute Gasteiger partial charge is 0.478 e. The molecule has 2 nitrogen and oxygen atoms in total. The van der Waals surface area contributed by atoms with Crippen molar-refractivity contribution >= 4 is 0 Å². The molecule has 0 spiro atoms. The van der Waals surface area contributed by atoms with Crippen LogP contribution in [0.15, 0.2) is 50.1 Å². The van der Waals surface area contributed by atoms with Crippen LogP contribution in [0.25, 0.3) is 0 Å². The Bertz CT molecular complexity index is 381. The highest BCUT2D eigenvalue weighted by Crippen LogP contribution is 2.15.